The molecule has 0 bridgehead atoms. The van der Waals surface area contributed by atoms with Crippen molar-refractivity contribution in [3.63, 3.8) is 0 Å². The summed E-state index contributed by atoms with van der Waals surface area (Å²) in [6.07, 6.45) is 1.73. The molecule has 0 unspecified atom stereocenters. The predicted octanol–water partition coefficient (Wildman–Crippen LogP) is 3.66. The van der Waals surface area contributed by atoms with E-state index in [4.69, 9.17) is 14.2 Å². The van der Waals surface area contributed by atoms with Crippen LogP contribution in [-0.4, -0.2) is 38.1 Å². The fourth-order valence-electron chi connectivity index (χ4n) is 1.46. The smallest absolute Gasteiger partial charge is 0.0570 e. The average Bonchev–Trinajstić information content (AvgIpc) is 2.28. The summed E-state index contributed by atoms with van der Waals surface area (Å²) in [5.74, 6) is 0. The van der Waals surface area contributed by atoms with Crippen LogP contribution in [0.5, 0.6) is 0 Å². The lowest BCUT2D eigenvalue weighted by atomic mass is 9.87. The molecule has 0 radical (unpaired) electrons. The maximum absolute atomic E-state index is 5.80. The van der Waals surface area contributed by atoms with E-state index in [0.29, 0.717) is 19.8 Å². The third-order valence-corrected chi connectivity index (χ3v) is 2.92. The standard InChI is InChI=1S/C15H32O3/c1-8-15(9-16-12(2)3,10-17-13(4)5)11-18-14(6)7/h12-14H,8-11H2,1-7H3. The second kappa shape index (κ2) is 8.89. The summed E-state index contributed by atoms with van der Waals surface area (Å²) < 4.78 is 17.4. The molecular formula is C15H32O3. The van der Waals surface area contributed by atoms with E-state index in [9.17, 15) is 0 Å². The van der Waals surface area contributed by atoms with Crippen LogP contribution >= 0.6 is 0 Å². The molecule has 18 heavy (non-hydrogen) atoms. The van der Waals surface area contributed by atoms with Crippen LogP contribution < -0.4 is 0 Å². The van der Waals surface area contributed by atoms with E-state index in [-0.39, 0.29) is 23.7 Å². The monoisotopic (exact) mass is 260 g/mol. The van der Waals surface area contributed by atoms with Gasteiger partial charge in [-0.2, -0.15) is 0 Å². The van der Waals surface area contributed by atoms with Crippen molar-refractivity contribution in [2.24, 2.45) is 5.41 Å². The van der Waals surface area contributed by atoms with Crippen LogP contribution in [0.3, 0.4) is 0 Å². The van der Waals surface area contributed by atoms with E-state index >= 15 is 0 Å². The Morgan fingerprint density at radius 1 is 0.667 bits per heavy atom. The van der Waals surface area contributed by atoms with Gasteiger partial charge in [0.05, 0.1) is 38.1 Å². The van der Waals surface area contributed by atoms with Gasteiger partial charge < -0.3 is 14.2 Å². The third kappa shape index (κ3) is 8.06. The SMILES string of the molecule is CCC(COC(C)C)(COC(C)C)COC(C)C. The molecule has 3 nitrogen and oxygen atoms in total. The number of hydrogen-bond donors (Lipinski definition) is 0. The second-order valence-corrected chi connectivity index (χ2v) is 5.93. The van der Waals surface area contributed by atoms with Gasteiger partial charge in [0.25, 0.3) is 0 Å². The zero-order chi connectivity index (χ0) is 14.2. The van der Waals surface area contributed by atoms with Gasteiger partial charge in [0.15, 0.2) is 0 Å². The number of hydrogen-bond acceptors (Lipinski definition) is 3. The average molecular weight is 260 g/mol. The third-order valence-electron chi connectivity index (χ3n) is 2.92. The van der Waals surface area contributed by atoms with Gasteiger partial charge in [0.2, 0.25) is 0 Å². The fraction of sp³-hybridized carbons (Fsp3) is 1.00. The van der Waals surface area contributed by atoms with Crippen molar-refractivity contribution in [1.82, 2.24) is 0 Å². The normalized spacial score (nSPS) is 13.0. The van der Waals surface area contributed by atoms with E-state index in [2.05, 4.69) is 48.5 Å². The molecule has 0 fully saturated rings. The molecule has 0 N–H and O–H groups in total. The van der Waals surface area contributed by atoms with Crippen molar-refractivity contribution >= 4 is 0 Å². The van der Waals surface area contributed by atoms with E-state index in [1.54, 1.807) is 0 Å². The van der Waals surface area contributed by atoms with Crippen LogP contribution in [0, 0.1) is 5.41 Å². The van der Waals surface area contributed by atoms with Crippen molar-refractivity contribution in [3.05, 3.63) is 0 Å². The quantitative estimate of drug-likeness (QED) is 0.600. The first-order valence-electron chi connectivity index (χ1n) is 7.16. The van der Waals surface area contributed by atoms with Crippen molar-refractivity contribution in [2.75, 3.05) is 19.8 Å². The molecule has 0 aliphatic rings. The van der Waals surface area contributed by atoms with Crippen LogP contribution in [-0.2, 0) is 14.2 Å². The van der Waals surface area contributed by atoms with Crippen LogP contribution in [0.15, 0.2) is 0 Å². The van der Waals surface area contributed by atoms with E-state index in [0.717, 1.165) is 6.42 Å². The van der Waals surface area contributed by atoms with Gasteiger partial charge in [-0.15, -0.1) is 0 Å². The van der Waals surface area contributed by atoms with E-state index < -0.39 is 0 Å². The summed E-state index contributed by atoms with van der Waals surface area (Å²) in [6.45, 7) is 16.6. The minimum Gasteiger partial charge on any atom is -0.378 e. The predicted molar refractivity (Wildman–Crippen MR) is 76.0 cm³/mol. The first-order valence-corrected chi connectivity index (χ1v) is 7.16. The highest BCUT2D eigenvalue weighted by molar-refractivity contribution is 4.78. The molecule has 0 aromatic carbocycles. The molecule has 0 aliphatic carbocycles. The Hall–Kier alpha value is -0.120. The molecule has 110 valence electrons. The summed E-state index contributed by atoms with van der Waals surface area (Å²) in [6, 6.07) is 0. The van der Waals surface area contributed by atoms with Crippen LogP contribution in [0.4, 0.5) is 0 Å². The fourth-order valence-corrected chi connectivity index (χ4v) is 1.46. The summed E-state index contributed by atoms with van der Waals surface area (Å²) >= 11 is 0. The lowest BCUT2D eigenvalue weighted by Crippen LogP contribution is -2.39. The Morgan fingerprint density at radius 3 is 1.11 bits per heavy atom. The Balaban J connectivity index is 4.49. The summed E-state index contributed by atoms with van der Waals surface area (Å²) in [7, 11) is 0. The Labute approximate surface area is 113 Å². The van der Waals surface area contributed by atoms with Gasteiger partial charge >= 0.3 is 0 Å². The van der Waals surface area contributed by atoms with Crippen molar-refractivity contribution in [3.8, 4) is 0 Å². The van der Waals surface area contributed by atoms with Gasteiger partial charge in [-0.25, -0.2) is 0 Å². The minimum atomic E-state index is -0.0290. The maximum Gasteiger partial charge on any atom is 0.0570 e. The maximum atomic E-state index is 5.80. The highest BCUT2D eigenvalue weighted by atomic mass is 16.5. The summed E-state index contributed by atoms with van der Waals surface area (Å²) in [4.78, 5) is 0. The molecule has 0 aliphatic heterocycles. The van der Waals surface area contributed by atoms with Crippen LogP contribution in [0.1, 0.15) is 54.9 Å². The molecule has 0 atom stereocenters. The lowest BCUT2D eigenvalue weighted by Gasteiger charge is -2.34. The van der Waals surface area contributed by atoms with Gasteiger partial charge in [-0.1, -0.05) is 6.92 Å². The van der Waals surface area contributed by atoms with Gasteiger partial charge in [0.1, 0.15) is 0 Å². The van der Waals surface area contributed by atoms with Gasteiger partial charge in [-0.3, -0.25) is 0 Å². The molecule has 0 saturated carbocycles. The minimum absolute atomic E-state index is 0.0290. The molecule has 0 aromatic rings. The lowest BCUT2D eigenvalue weighted by molar-refractivity contribution is -0.102. The Bertz CT molecular complexity index is 169. The molecule has 0 saturated heterocycles. The Kier molecular flexibility index (Phi) is 8.83. The summed E-state index contributed by atoms with van der Waals surface area (Å²) in [5, 5.41) is 0. The van der Waals surface area contributed by atoms with E-state index in [1.807, 2.05) is 0 Å². The zero-order valence-electron chi connectivity index (χ0n) is 13.3. The molecule has 0 amide bonds. The topological polar surface area (TPSA) is 27.7 Å². The van der Waals surface area contributed by atoms with Crippen molar-refractivity contribution < 1.29 is 14.2 Å². The molecule has 0 heterocycles. The summed E-state index contributed by atoms with van der Waals surface area (Å²) in [5.41, 5.74) is -0.0290. The molecule has 3 heteroatoms. The second-order valence-electron chi connectivity index (χ2n) is 5.93. The van der Waals surface area contributed by atoms with Crippen LogP contribution in [0.2, 0.25) is 0 Å². The molecule has 0 spiro atoms. The van der Waals surface area contributed by atoms with Crippen LogP contribution in [0.25, 0.3) is 0 Å². The zero-order valence-corrected chi connectivity index (χ0v) is 13.3. The van der Waals surface area contributed by atoms with Crippen molar-refractivity contribution in [1.29, 1.82) is 0 Å². The Morgan fingerprint density at radius 2 is 0.944 bits per heavy atom. The van der Waals surface area contributed by atoms with Gasteiger partial charge in [-0.05, 0) is 48.0 Å². The highest BCUT2D eigenvalue weighted by Gasteiger charge is 2.31. The van der Waals surface area contributed by atoms with Gasteiger partial charge in [0, 0.05) is 5.41 Å². The first-order chi connectivity index (χ1) is 8.31. The highest BCUT2D eigenvalue weighted by Crippen LogP contribution is 2.25. The van der Waals surface area contributed by atoms with E-state index in [1.165, 1.54) is 0 Å². The molecule has 0 rings (SSSR count). The largest absolute Gasteiger partial charge is 0.378 e. The van der Waals surface area contributed by atoms with Crippen molar-refractivity contribution in [2.45, 2.75) is 73.2 Å². The molecular weight excluding hydrogens is 228 g/mol. The number of rotatable bonds is 10. The molecule has 0 aromatic heterocycles. The number of ether oxygens (including phenoxy) is 3. The first kappa shape index (κ1) is 17.9.